The maximum Gasteiger partial charge on any atom is 0.253 e. The van der Waals surface area contributed by atoms with E-state index in [2.05, 4.69) is 34.4 Å². The zero-order valence-corrected chi connectivity index (χ0v) is 20.4. The molecule has 1 atom stereocenters. The summed E-state index contributed by atoms with van der Waals surface area (Å²) in [5.74, 6) is 2.07. The molecule has 4 aromatic rings. The third-order valence-electron chi connectivity index (χ3n) is 7.06. The molecule has 0 unspecified atom stereocenters. The number of carbonyl (C=O) groups excluding carboxylic acids is 1. The van der Waals surface area contributed by atoms with E-state index < -0.39 is 0 Å². The van der Waals surface area contributed by atoms with Crippen LogP contribution in [-0.2, 0) is 13.0 Å². The summed E-state index contributed by atoms with van der Waals surface area (Å²) in [7, 11) is 0. The minimum atomic E-state index is 0.0738. The molecule has 3 heterocycles. The number of benzene rings is 2. The highest BCUT2D eigenvalue weighted by molar-refractivity contribution is 5.94. The summed E-state index contributed by atoms with van der Waals surface area (Å²) in [4.78, 5) is 19.6. The molecule has 0 N–H and O–H groups in total. The van der Waals surface area contributed by atoms with Gasteiger partial charge in [0.15, 0.2) is 0 Å². The molecular formula is C29H31N3O3. The quantitative estimate of drug-likeness (QED) is 0.351. The van der Waals surface area contributed by atoms with Crippen molar-refractivity contribution in [2.75, 3.05) is 13.1 Å². The fourth-order valence-electron chi connectivity index (χ4n) is 5.02. The number of hydrogen-bond acceptors (Lipinski definition) is 5. The Hall–Kier alpha value is -3.67. The summed E-state index contributed by atoms with van der Waals surface area (Å²) in [6, 6.07) is 16.0. The monoisotopic (exact) mass is 469 g/mol. The van der Waals surface area contributed by atoms with E-state index in [1.165, 1.54) is 16.3 Å². The van der Waals surface area contributed by atoms with Gasteiger partial charge in [-0.3, -0.25) is 9.78 Å². The van der Waals surface area contributed by atoms with Crippen molar-refractivity contribution in [1.29, 1.82) is 0 Å². The van der Waals surface area contributed by atoms with Gasteiger partial charge in [-0.1, -0.05) is 29.4 Å². The van der Waals surface area contributed by atoms with E-state index in [0.717, 1.165) is 55.8 Å². The number of likely N-dealkylation sites (tertiary alicyclic amines) is 1. The highest BCUT2D eigenvalue weighted by atomic mass is 16.5. The molecule has 0 spiro atoms. The van der Waals surface area contributed by atoms with E-state index in [4.69, 9.17) is 9.26 Å². The molecule has 1 amide bonds. The minimum Gasteiger partial charge on any atom is -0.489 e. The van der Waals surface area contributed by atoms with Gasteiger partial charge in [0.2, 0.25) is 0 Å². The van der Waals surface area contributed by atoms with Crippen LogP contribution < -0.4 is 4.74 Å². The molecule has 180 valence electrons. The second-order valence-corrected chi connectivity index (χ2v) is 9.43. The van der Waals surface area contributed by atoms with E-state index in [1.807, 2.05) is 55.4 Å². The summed E-state index contributed by atoms with van der Waals surface area (Å²) in [6.45, 7) is 5.72. The Labute approximate surface area is 205 Å². The van der Waals surface area contributed by atoms with Crippen molar-refractivity contribution in [1.82, 2.24) is 15.0 Å². The van der Waals surface area contributed by atoms with Crippen LogP contribution >= 0.6 is 0 Å². The second kappa shape index (κ2) is 10.3. The van der Waals surface area contributed by atoms with Crippen molar-refractivity contribution in [2.45, 2.75) is 46.1 Å². The van der Waals surface area contributed by atoms with Crippen molar-refractivity contribution in [2.24, 2.45) is 5.92 Å². The van der Waals surface area contributed by atoms with Crippen LogP contribution in [0.5, 0.6) is 5.75 Å². The highest BCUT2D eigenvalue weighted by Crippen LogP contribution is 2.27. The molecule has 1 saturated heterocycles. The van der Waals surface area contributed by atoms with Gasteiger partial charge < -0.3 is 14.2 Å². The Morgan fingerprint density at radius 2 is 2.00 bits per heavy atom. The predicted octanol–water partition coefficient (Wildman–Crippen LogP) is 5.90. The Bertz CT molecular complexity index is 1310. The molecule has 1 aliphatic heterocycles. The molecule has 5 rings (SSSR count). The molecular weight excluding hydrogens is 438 g/mol. The van der Waals surface area contributed by atoms with Gasteiger partial charge >= 0.3 is 0 Å². The summed E-state index contributed by atoms with van der Waals surface area (Å²) in [6.07, 6.45) is 7.99. The van der Waals surface area contributed by atoms with Crippen molar-refractivity contribution < 1.29 is 14.1 Å². The van der Waals surface area contributed by atoms with Gasteiger partial charge in [0, 0.05) is 36.4 Å². The van der Waals surface area contributed by atoms with Crippen LogP contribution in [0.2, 0.25) is 0 Å². The Morgan fingerprint density at radius 1 is 1.11 bits per heavy atom. The summed E-state index contributed by atoms with van der Waals surface area (Å²) in [5, 5.41) is 6.45. The standard InChI is InChI=1S/C29H31N3O3/c1-20-28(21(2)35-31-20)19-34-26-10-4-8-24(17-26)29(33)32-14-5-6-22(12-15-32)16-23-7-3-9-25-18-30-13-11-27(23)25/h3-4,7-11,13,17-18,22H,5-6,12,14-16,19H2,1-2H3/t22-/m0/s1. The predicted molar refractivity (Wildman–Crippen MR) is 135 cm³/mol. The summed E-state index contributed by atoms with van der Waals surface area (Å²) in [5.41, 5.74) is 3.82. The van der Waals surface area contributed by atoms with Crippen LogP contribution in [0.3, 0.4) is 0 Å². The molecule has 0 radical (unpaired) electrons. The number of pyridine rings is 1. The van der Waals surface area contributed by atoms with Crippen LogP contribution in [0.4, 0.5) is 0 Å². The van der Waals surface area contributed by atoms with Crippen LogP contribution in [-0.4, -0.2) is 34.0 Å². The summed E-state index contributed by atoms with van der Waals surface area (Å²) < 4.78 is 11.2. The van der Waals surface area contributed by atoms with Crippen molar-refractivity contribution >= 4 is 16.7 Å². The van der Waals surface area contributed by atoms with Crippen molar-refractivity contribution in [3.8, 4) is 5.75 Å². The molecule has 2 aromatic carbocycles. The Morgan fingerprint density at radius 3 is 2.86 bits per heavy atom. The average Bonchev–Trinajstić information content (AvgIpc) is 3.06. The fraction of sp³-hybridized carbons (Fsp3) is 0.345. The van der Waals surface area contributed by atoms with Crippen molar-refractivity contribution in [3.05, 3.63) is 89.1 Å². The van der Waals surface area contributed by atoms with Crippen LogP contribution in [0.1, 0.15) is 52.2 Å². The highest BCUT2D eigenvalue weighted by Gasteiger charge is 2.22. The Kier molecular flexibility index (Phi) is 6.80. The lowest BCUT2D eigenvalue weighted by atomic mass is 9.90. The number of nitrogens with zero attached hydrogens (tertiary/aromatic N) is 3. The van der Waals surface area contributed by atoms with E-state index >= 15 is 0 Å². The maximum absolute atomic E-state index is 13.3. The van der Waals surface area contributed by atoms with Crippen LogP contribution in [0.25, 0.3) is 10.8 Å². The minimum absolute atomic E-state index is 0.0738. The largest absolute Gasteiger partial charge is 0.489 e. The van der Waals surface area contributed by atoms with Crippen molar-refractivity contribution in [3.63, 3.8) is 0 Å². The number of amides is 1. The van der Waals surface area contributed by atoms with Gasteiger partial charge in [-0.15, -0.1) is 0 Å². The lowest BCUT2D eigenvalue weighted by molar-refractivity contribution is 0.0759. The third kappa shape index (κ3) is 5.21. The number of fused-ring (bicyclic) bond motifs is 1. The van der Waals surface area contributed by atoms with Gasteiger partial charge in [0.05, 0.1) is 11.3 Å². The average molecular weight is 470 g/mol. The molecule has 0 bridgehead atoms. The van der Waals surface area contributed by atoms with Crippen LogP contribution in [0, 0.1) is 19.8 Å². The molecule has 6 heteroatoms. The van der Waals surface area contributed by atoms with E-state index in [-0.39, 0.29) is 5.91 Å². The first-order chi connectivity index (χ1) is 17.1. The topological polar surface area (TPSA) is 68.5 Å². The number of hydrogen-bond donors (Lipinski definition) is 0. The fourth-order valence-corrected chi connectivity index (χ4v) is 5.02. The van der Waals surface area contributed by atoms with E-state index in [9.17, 15) is 4.79 Å². The number of rotatable bonds is 6. The second-order valence-electron chi connectivity index (χ2n) is 9.43. The van der Waals surface area contributed by atoms with Gasteiger partial charge in [-0.2, -0.15) is 0 Å². The normalized spacial score (nSPS) is 16.3. The van der Waals surface area contributed by atoms with E-state index in [0.29, 0.717) is 23.8 Å². The molecule has 1 aliphatic rings. The van der Waals surface area contributed by atoms with Gasteiger partial charge in [-0.25, -0.2) is 0 Å². The van der Waals surface area contributed by atoms with Gasteiger partial charge in [-0.05, 0) is 80.7 Å². The zero-order chi connectivity index (χ0) is 24.2. The summed E-state index contributed by atoms with van der Waals surface area (Å²) >= 11 is 0. The first-order valence-electron chi connectivity index (χ1n) is 12.3. The molecule has 1 fully saturated rings. The van der Waals surface area contributed by atoms with Gasteiger partial charge in [0.1, 0.15) is 18.1 Å². The first-order valence-corrected chi connectivity index (χ1v) is 12.3. The molecule has 0 aliphatic carbocycles. The maximum atomic E-state index is 13.3. The number of aryl methyl sites for hydroxylation is 2. The van der Waals surface area contributed by atoms with Gasteiger partial charge in [0.25, 0.3) is 5.91 Å². The number of ether oxygens (including phenoxy) is 1. The molecule has 2 aromatic heterocycles. The molecule has 0 saturated carbocycles. The van der Waals surface area contributed by atoms with E-state index in [1.54, 1.807) is 0 Å². The zero-order valence-electron chi connectivity index (χ0n) is 20.4. The third-order valence-corrected chi connectivity index (χ3v) is 7.06. The lowest BCUT2D eigenvalue weighted by Gasteiger charge is -2.21. The molecule has 35 heavy (non-hydrogen) atoms. The SMILES string of the molecule is Cc1noc(C)c1COc1cccc(C(=O)N2CCC[C@H](Cc3cccc4cnccc34)CC2)c1. The molecule has 6 nitrogen and oxygen atoms in total. The smallest absolute Gasteiger partial charge is 0.253 e. The number of aromatic nitrogens is 2. The Balaban J connectivity index is 1.22. The first kappa shape index (κ1) is 23.1. The number of carbonyl (C=O) groups is 1. The lowest BCUT2D eigenvalue weighted by Crippen LogP contribution is -2.32. The van der Waals surface area contributed by atoms with Crippen LogP contribution in [0.15, 0.2) is 65.4 Å².